The third-order valence-corrected chi connectivity index (χ3v) is 5.77. The van der Waals surface area contributed by atoms with Crippen LogP contribution < -0.4 is 15.4 Å². The fourth-order valence-corrected chi connectivity index (χ4v) is 3.91. The van der Waals surface area contributed by atoms with Gasteiger partial charge in [-0.25, -0.2) is 9.37 Å². The van der Waals surface area contributed by atoms with Gasteiger partial charge in [0.25, 0.3) is 5.91 Å². The zero-order valence-corrected chi connectivity index (χ0v) is 17.8. The Morgan fingerprint density at radius 2 is 1.97 bits per heavy atom. The van der Waals surface area contributed by atoms with E-state index >= 15 is 0 Å². The van der Waals surface area contributed by atoms with Crippen LogP contribution in [0.15, 0.2) is 47.8 Å². The molecule has 0 saturated heterocycles. The van der Waals surface area contributed by atoms with Crippen LogP contribution in [0.3, 0.4) is 0 Å². The number of hydrogen-bond acceptors (Lipinski definition) is 5. The van der Waals surface area contributed by atoms with Crippen molar-refractivity contribution >= 4 is 28.8 Å². The van der Waals surface area contributed by atoms with Crippen LogP contribution in [-0.4, -0.2) is 29.9 Å². The Morgan fingerprint density at radius 3 is 2.68 bits per heavy atom. The van der Waals surface area contributed by atoms with Crippen molar-refractivity contribution in [3.8, 4) is 5.75 Å². The van der Waals surface area contributed by atoms with Gasteiger partial charge in [0.2, 0.25) is 5.91 Å². The number of methoxy groups -OCH3 is 1. The molecular formula is C23H22FN3O3S. The maximum absolute atomic E-state index is 13.0. The molecule has 1 heterocycles. The topological polar surface area (TPSA) is 80.3 Å². The number of carbonyl (C=O) groups is 2. The molecular weight excluding hydrogens is 417 g/mol. The Balaban J connectivity index is 1.41. The van der Waals surface area contributed by atoms with Gasteiger partial charge >= 0.3 is 0 Å². The van der Waals surface area contributed by atoms with Gasteiger partial charge in [-0.2, -0.15) is 0 Å². The monoisotopic (exact) mass is 439 g/mol. The molecule has 0 spiro atoms. The predicted octanol–water partition coefficient (Wildman–Crippen LogP) is 3.96. The summed E-state index contributed by atoms with van der Waals surface area (Å²) in [4.78, 5) is 29.7. The number of benzene rings is 2. The van der Waals surface area contributed by atoms with Crippen molar-refractivity contribution in [2.75, 3.05) is 12.4 Å². The molecule has 2 amide bonds. The molecule has 1 saturated carbocycles. The number of carbonyl (C=O) groups excluding carboxylic acids is 2. The predicted molar refractivity (Wildman–Crippen MR) is 117 cm³/mol. The molecule has 1 aliphatic carbocycles. The molecule has 1 aliphatic rings. The number of amides is 2. The fourth-order valence-electron chi connectivity index (χ4n) is 3.09. The summed E-state index contributed by atoms with van der Waals surface area (Å²) in [5, 5.41) is 8.44. The van der Waals surface area contributed by atoms with Gasteiger partial charge < -0.3 is 15.4 Å². The number of anilines is 1. The second-order valence-corrected chi connectivity index (χ2v) is 8.36. The number of nitrogens with one attached hydrogen (secondary N) is 2. The highest BCUT2D eigenvalue weighted by molar-refractivity contribution is 7.09. The van der Waals surface area contributed by atoms with Gasteiger partial charge in [0.15, 0.2) is 0 Å². The normalized spacial score (nSPS) is 13.0. The lowest BCUT2D eigenvalue weighted by Gasteiger charge is -2.12. The van der Waals surface area contributed by atoms with Crippen molar-refractivity contribution in [2.45, 2.75) is 31.7 Å². The van der Waals surface area contributed by atoms with E-state index in [2.05, 4.69) is 15.6 Å². The van der Waals surface area contributed by atoms with Crippen LogP contribution >= 0.6 is 11.3 Å². The van der Waals surface area contributed by atoms with E-state index in [4.69, 9.17) is 4.74 Å². The zero-order chi connectivity index (χ0) is 21.8. The summed E-state index contributed by atoms with van der Waals surface area (Å²) in [5.41, 5.74) is 2.41. The Hall–Kier alpha value is -3.26. The highest BCUT2D eigenvalue weighted by atomic mass is 32.1. The first-order chi connectivity index (χ1) is 15.0. The summed E-state index contributed by atoms with van der Waals surface area (Å²) in [6.07, 6.45) is 2.62. The molecule has 8 heteroatoms. The smallest absolute Gasteiger partial charge is 0.253 e. The first kappa shape index (κ1) is 21.0. The van der Waals surface area contributed by atoms with Crippen LogP contribution in [0.25, 0.3) is 0 Å². The lowest BCUT2D eigenvalue weighted by atomic mass is 10.1. The lowest BCUT2D eigenvalue weighted by Crippen LogP contribution is -2.27. The Morgan fingerprint density at radius 1 is 1.19 bits per heavy atom. The van der Waals surface area contributed by atoms with Crippen LogP contribution in [-0.2, 0) is 17.6 Å². The molecule has 3 aromatic rings. The number of rotatable bonds is 8. The van der Waals surface area contributed by atoms with Crippen molar-refractivity contribution in [1.82, 2.24) is 10.3 Å². The average Bonchev–Trinajstić information content (AvgIpc) is 3.47. The minimum atomic E-state index is -0.274. The van der Waals surface area contributed by atoms with Gasteiger partial charge in [0, 0.05) is 17.8 Å². The molecule has 1 aromatic heterocycles. The highest BCUT2D eigenvalue weighted by Crippen LogP contribution is 2.25. The maximum Gasteiger partial charge on any atom is 0.253 e. The Labute approximate surface area is 183 Å². The number of thiazole rings is 1. The van der Waals surface area contributed by atoms with Gasteiger partial charge in [0.1, 0.15) is 11.6 Å². The summed E-state index contributed by atoms with van der Waals surface area (Å²) in [6.45, 7) is 0. The minimum absolute atomic E-state index is 0.0929. The standard InChI is InChI=1S/C23H22FN3O3S/c1-30-18-8-9-20(19(12-18)23(29)26-16-6-7-16)27-21(28)11-17-13-31-22(25-17)10-14-2-4-15(24)5-3-14/h2-5,8-9,12-13,16H,6-7,10-11H2,1H3,(H,26,29)(H,27,28). The second kappa shape index (κ2) is 9.26. The highest BCUT2D eigenvalue weighted by Gasteiger charge is 2.25. The van der Waals surface area contributed by atoms with Crippen LogP contribution in [0, 0.1) is 5.82 Å². The van der Waals surface area contributed by atoms with E-state index in [0.29, 0.717) is 29.1 Å². The van der Waals surface area contributed by atoms with Crippen molar-refractivity contribution in [3.05, 3.63) is 75.5 Å². The minimum Gasteiger partial charge on any atom is -0.497 e. The van der Waals surface area contributed by atoms with E-state index in [1.54, 1.807) is 30.3 Å². The SMILES string of the molecule is COc1ccc(NC(=O)Cc2csc(Cc3ccc(F)cc3)n2)c(C(=O)NC2CC2)c1. The van der Waals surface area contributed by atoms with E-state index in [9.17, 15) is 14.0 Å². The number of ether oxygens (including phenoxy) is 1. The largest absolute Gasteiger partial charge is 0.497 e. The van der Waals surface area contributed by atoms with E-state index in [1.165, 1.54) is 30.6 Å². The molecule has 0 unspecified atom stereocenters. The second-order valence-electron chi connectivity index (χ2n) is 7.42. The molecule has 0 aliphatic heterocycles. The molecule has 2 N–H and O–H groups in total. The number of hydrogen-bond donors (Lipinski definition) is 2. The van der Waals surface area contributed by atoms with Crippen LogP contribution in [0.4, 0.5) is 10.1 Å². The lowest BCUT2D eigenvalue weighted by molar-refractivity contribution is -0.115. The number of nitrogens with zero attached hydrogens (tertiary/aromatic N) is 1. The molecule has 1 fully saturated rings. The third-order valence-electron chi connectivity index (χ3n) is 4.87. The quantitative estimate of drug-likeness (QED) is 0.557. The van der Waals surface area contributed by atoms with E-state index in [0.717, 1.165) is 23.4 Å². The summed E-state index contributed by atoms with van der Waals surface area (Å²) in [6, 6.07) is 11.5. The van der Waals surface area contributed by atoms with Gasteiger partial charge in [0.05, 0.1) is 35.5 Å². The van der Waals surface area contributed by atoms with Crippen LogP contribution in [0.5, 0.6) is 5.75 Å². The van der Waals surface area contributed by atoms with Crippen LogP contribution in [0.2, 0.25) is 0 Å². The number of halogens is 1. The van der Waals surface area contributed by atoms with Crippen molar-refractivity contribution in [3.63, 3.8) is 0 Å². The molecule has 0 atom stereocenters. The molecule has 31 heavy (non-hydrogen) atoms. The van der Waals surface area contributed by atoms with E-state index < -0.39 is 0 Å². The first-order valence-corrected chi connectivity index (χ1v) is 10.8. The molecule has 160 valence electrons. The van der Waals surface area contributed by atoms with Crippen molar-refractivity contribution in [1.29, 1.82) is 0 Å². The van der Waals surface area contributed by atoms with Crippen molar-refractivity contribution in [2.24, 2.45) is 0 Å². The third kappa shape index (κ3) is 5.67. The van der Waals surface area contributed by atoms with Gasteiger partial charge in [-0.3, -0.25) is 9.59 Å². The molecule has 2 aromatic carbocycles. The van der Waals surface area contributed by atoms with E-state index in [-0.39, 0.29) is 30.1 Å². The summed E-state index contributed by atoms with van der Waals surface area (Å²) in [5.74, 6) is -0.218. The maximum atomic E-state index is 13.0. The first-order valence-electron chi connectivity index (χ1n) is 9.96. The van der Waals surface area contributed by atoms with Gasteiger partial charge in [-0.1, -0.05) is 12.1 Å². The molecule has 6 nitrogen and oxygen atoms in total. The fraction of sp³-hybridized carbons (Fsp3) is 0.261. The Kier molecular flexibility index (Phi) is 6.27. The average molecular weight is 440 g/mol. The summed E-state index contributed by atoms with van der Waals surface area (Å²) >= 11 is 1.46. The molecule has 0 radical (unpaired) electrons. The molecule has 4 rings (SSSR count). The van der Waals surface area contributed by atoms with Crippen LogP contribution in [0.1, 0.15) is 39.5 Å². The van der Waals surface area contributed by atoms with E-state index in [1.807, 2.05) is 5.38 Å². The summed E-state index contributed by atoms with van der Waals surface area (Å²) in [7, 11) is 1.53. The Bertz CT molecular complexity index is 1090. The van der Waals surface area contributed by atoms with Gasteiger partial charge in [-0.15, -0.1) is 11.3 Å². The van der Waals surface area contributed by atoms with Gasteiger partial charge in [-0.05, 0) is 48.7 Å². The number of aromatic nitrogens is 1. The summed E-state index contributed by atoms with van der Waals surface area (Å²) < 4.78 is 18.3. The molecule has 0 bridgehead atoms. The zero-order valence-electron chi connectivity index (χ0n) is 17.0. The van der Waals surface area contributed by atoms with Crippen molar-refractivity contribution < 1.29 is 18.7 Å².